The fourth-order valence-corrected chi connectivity index (χ4v) is 6.20. The third kappa shape index (κ3) is 8.94. The van der Waals surface area contributed by atoms with Crippen molar-refractivity contribution < 1.29 is 9.59 Å². The zero-order chi connectivity index (χ0) is 27.6. The molecule has 2 amide bonds. The first-order valence-corrected chi connectivity index (χ1v) is 15.2. The van der Waals surface area contributed by atoms with Crippen molar-refractivity contribution in [3.05, 3.63) is 69.7 Å². The molecule has 2 heterocycles. The Balaban J connectivity index is 1.40. The van der Waals surface area contributed by atoms with Crippen LogP contribution in [-0.2, 0) is 16.0 Å². The average Bonchev–Trinajstić information content (AvgIpc) is 3.10. The predicted molar refractivity (Wildman–Crippen MR) is 159 cm³/mol. The average molecular weight is 574 g/mol. The Morgan fingerprint density at radius 3 is 2.56 bits per heavy atom. The number of carbonyl (C=O) groups is 2. The summed E-state index contributed by atoms with van der Waals surface area (Å²) in [7, 11) is 0. The van der Waals surface area contributed by atoms with Crippen molar-refractivity contribution in [3.63, 3.8) is 0 Å². The van der Waals surface area contributed by atoms with E-state index in [1.807, 2.05) is 6.07 Å². The maximum atomic E-state index is 13.8. The van der Waals surface area contributed by atoms with E-state index in [-0.39, 0.29) is 30.3 Å². The molecule has 3 atom stereocenters. The van der Waals surface area contributed by atoms with E-state index in [1.54, 1.807) is 18.2 Å². The number of hydrogen-bond donors (Lipinski definition) is 2. The lowest BCUT2D eigenvalue weighted by molar-refractivity contribution is -0.133. The first kappa shape index (κ1) is 29.9. The van der Waals surface area contributed by atoms with E-state index in [0.29, 0.717) is 29.1 Å². The highest BCUT2D eigenvalue weighted by Crippen LogP contribution is 2.24. The van der Waals surface area contributed by atoms with Crippen molar-refractivity contribution in [1.82, 2.24) is 20.4 Å². The normalized spacial score (nSPS) is 21.4. The molecule has 4 rings (SSSR count). The zero-order valence-electron chi connectivity index (χ0n) is 23.0. The maximum Gasteiger partial charge on any atom is 0.239 e. The molecule has 2 aliphatic rings. The van der Waals surface area contributed by atoms with Crippen LogP contribution in [0.1, 0.15) is 62.5 Å². The quantitative estimate of drug-likeness (QED) is 0.384. The number of benzene rings is 2. The third-order valence-electron chi connectivity index (χ3n) is 8.09. The van der Waals surface area contributed by atoms with Gasteiger partial charge in [-0.1, -0.05) is 72.9 Å². The molecule has 2 fully saturated rings. The Labute approximate surface area is 243 Å². The van der Waals surface area contributed by atoms with E-state index in [1.165, 1.54) is 24.8 Å². The summed E-state index contributed by atoms with van der Waals surface area (Å²) in [5.41, 5.74) is 2.03. The van der Waals surface area contributed by atoms with Crippen LogP contribution >= 0.6 is 23.2 Å². The summed E-state index contributed by atoms with van der Waals surface area (Å²) in [6.07, 6.45) is 6.51. The molecule has 8 heteroatoms. The number of nitrogens with zero attached hydrogens (tertiary/aromatic N) is 2. The smallest absolute Gasteiger partial charge is 0.239 e. The van der Waals surface area contributed by atoms with Crippen LogP contribution in [0.25, 0.3) is 0 Å². The van der Waals surface area contributed by atoms with Crippen molar-refractivity contribution in [2.24, 2.45) is 0 Å². The Kier molecular flexibility index (Phi) is 11.5. The van der Waals surface area contributed by atoms with Crippen LogP contribution in [0.15, 0.2) is 48.5 Å². The van der Waals surface area contributed by atoms with Gasteiger partial charge in [0.25, 0.3) is 0 Å². The van der Waals surface area contributed by atoms with Gasteiger partial charge < -0.3 is 20.4 Å². The minimum absolute atomic E-state index is 0.0201. The molecule has 39 heavy (non-hydrogen) atoms. The molecule has 0 saturated carbocycles. The lowest BCUT2D eigenvalue weighted by atomic mass is 9.95. The van der Waals surface area contributed by atoms with Gasteiger partial charge in [-0.3, -0.25) is 9.59 Å². The molecular formula is C31H42Cl2N4O2. The molecule has 6 nitrogen and oxygen atoms in total. The second-order valence-corrected chi connectivity index (χ2v) is 11.8. The van der Waals surface area contributed by atoms with Crippen molar-refractivity contribution in [2.45, 2.75) is 69.9 Å². The summed E-state index contributed by atoms with van der Waals surface area (Å²) in [5, 5.41) is 7.74. The number of piperidine rings is 1. The van der Waals surface area contributed by atoms with E-state index in [4.69, 9.17) is 23.2 Å². The van der Waals surface area contributed by atoms with Crippen LogP contribution in [0, 0.1) is 0 Å². The molecule has 0 aromatic heterocycles. The topological polar surface area (TPSA) is 64.7 Å². The molecule has 0 spiro atoms. The second-order valence-electron chi connectivity index (χ2n) is 10.9. The van der Waals surface area contributed by atoms with Gasteiger partial charge in [0.05, 0.1) is 12.5 Å². The molecule has 0 unspecified atom stereocenters. The fourth-order valence-electron chi connectivity index (χ4n) is 5.72. The lowest BCUT2D eigenvalue weighted by Crippen LogP contribution is -2.50. The summed E-state index contributed by atoms with van der Waals surface area (Å²) in [6, 6.07) is 15.5. The molecule has 0 aliphatic carbocycles. The highest BCUT2D eigenvalue weighted by molar-refractivity contribution is 6.35. The Morgan fingerprint density at radius 1 is 1.08 bits per heavy atom. The number of halogens is 2. The lowest BCUT2D eigenvalue weighted by Gasteiger charge is -2.31. The van der Waals surface area contributed by atoms with Crippen molar-refractivity contribution in [3.8, 4) is 0 Å². The Bertz CT molecular complexity index is 1080. The molecule has 212 valence electrons. The molecule has 0 bridgehead atoms. The summed E-state index contributed by atoms with van der Waals surface area (Å²) >= 11 is 12.3. The fraction of sp³-hybridized carbons (Fsp3) is 0.548. The monoisotopic (exact) mass is 572 g/mol. The Hall–Kier alpha value is -2.12. The molecule has 2 aliphatic heterocycles. The Morgan fingerprint density at radius 2 is 1.85 bits per heavy atom. The van der Waals surface area contributed by atoms with Crippen molar-refractivity contribution >= 4 is 35.0 Å². The zero-order valence-corrected chi connectivity index (χ0v) is 24.5. The standard InChI is InChI=1S/C31H42Cl2N4O2/c1-2-23(24-9-5-3-6-10-24)22-37-18-13-27(21-34-30(38)19-25-11-12-26(32)20-28(25)33)35-29(31(37)39)14-17-36-15-7-4-8-16-36/h3,5-6,9-12,20,23,27,29,35H,2,4,7-8,13-19,21-22H2,1H3,(H,34,38)/t23-,27+,29+/m1/s1. The highest BCUT2D eigenvalue weighted by Gasteiger charge is 2.32. The van der Waals surface area contributed by atoms with Crippen LogP contribution in [0.2, 0.25) is 10.0 Å². The summed E-state index contributed by atoms with van der Waals surface area (Å²) in [6.45, 7) is 7.21. The van der Waals surface area contributed by atoms with Gasteiger partial charge in [-0.25, -0.2) is 0 Å². The van der Waals surface area contributed by atoms with Gasteiger partial charge in [-0.05, 0) is 68.5 Å². The highest BCUT2D eigenvalue weighted by atomic mass is 35.5. The molecule has 2 aromatic rings. The van der Waals surface area contributed by atoms with Gasteiger partial charge in [-0.2, -0.15) is 0 Å². The van der Waals surface area contributed by atoms with Crippen LogP contribution in [0.5, 0.6) is 0 Å². The van der Waals surface area contributed by atoms with Gasteiger partial charge in [0, 0.05) is 48.2 Å². The maximum absolute atomic E-state index is 13.8. The molecule has 2 saturated heterocycles. The first-order valence-electron chi connectivity index (χ1n) is 14.5. The summed E-state index contributed by atoms with van der Waals surface area (Å²) in [5.74, 6) is 0.398. The third-order valence-corrected chi connectivity index (χ3v) is 8.68. The minimum Gasteiger partial charge on any atom is -0.354 e. The largest absolute Gasteiger partial charge is 0.354 e. The van der Waals surface area contributed by atoms with Crippen molar-refractivity contribution in [2.75, 3.05) is 39.3 Å². The van der Waals surface area contributed by atoms with E-state index in [0.717, 1.165) is 51.0 Å². The van der Waals surface area contributed by atoms with Crippen LogP contribution in [0.4, 0.5) is 0 Å². The molecule has 2 N–H and O–H groups in total. The summed E-state index contributed by atoms with van der Waals surface area (Å²) < 4.78 is 0. The van der Waals surface area contributed by atoms with Crippen LogP contribution < -0.4 is 10.6 Å². The number of nitrogens with one attached hydrogen (secondary N) is 2. The molecule has 2 aromatic carbocycles. The first-order chi connectivity index (χ1) is 18.9. The predicted octanol–water partition coefficient (Wildman–Crippen LogP) is 5.28. The van der Waals surface area contributed by atoms with Gasteiger partial charge in [-0.15, -0.1) is 0 Å². The number of likely N-dealkylation sites (tertiary alicyclic amines) is 1. The molecular weight excluding hydrogens is 531 g/mol. The number of amides is 2. The minimum atomic E-state index is -0.254. The number of hydrogen-bond acceptors (Lipinski definition) is 4. The van der Waals surface area contributed by atoms with Crippen LogP contribution in [0.3, 0.4) is 0 Å². The summed E-state index contributed by atoms with van der Waals surface area (Å²) in [4.78, 5) is 31.1. The molecule has 0 radical (unpaired) electrons. The number of carbonyl (C=O) groups excluding carboxylic acids is 2. The van der Waals surface area contributed by atoms with Gasteiger partial charge in [0.15, 0.2) is 0 Å². The SMILES string of the molecule is CC[C@H](CN1CC[C@@H](CNC(=O)Cc2ccc(Cl)cc2Cl)N[C@@H](CCN2CCCCC2)C1=O)c1ccccc1. The van der Waals surface area contributed by atoms with Gasteiger partial charge in [0.2, 0.25) is 11.8 Å². The van der Waals surface area contributed by atoms with E-state index in [2.05, 4.69) is 51.6 Å². The second kappa shape index (κ2) is 15.0. The van der Waals surface area contributed by atoms with Crippen molar-refractivity contribution in [1.29, 1.82) is 0 Å². The van der Waals surface area contributed by atoms with Gasteiger partial charge >= 0.3 is 0 Å². The van der Waals surface area contributed by atoms with E-state index < -0.39 is 0 Å². The van der Waals surface area contributed by atoms with Crippen LogP contribution in [-0.4, -0.2) is 73.0 Å². The van der Waals surface area contributed by atoms with E-state index >= 15 is 0 Å². The van der Waals surface area contributed by atoms with E-state index in [9.17, 15) is 9.59 Å². The number of rotatable bonds is 11. The van der Waals surface area contributed by atoms with Gasteiger partial charge in [0.1, 0.15) is 0 Å².